The summed E-state index contributed by atoms with van der Waals surface area (Å²) in [4.78, 5) is 2.86. The molecule has 0 aliphatic heterocycles. The number of hydrogen-bond donors (Lipinski definition) is 1. The lowest BCUT2D eigenvalue weighted by Crippen LogP contribution is -2.34. The van der Waals surface area contributed by atoms with E-state index in [1.807, 2.05) is 13.0 Å². The number of furan rings is 1. The molecule has 0 bridgehead atoms. The Kier molecular flexibility index (Phi) is 4.96. The fourth-order valence-electron chi connectivity index (χ4n) is 1.82. The number of nitrogens with two attached hydrogens (primary N) is 1. The summed E-state index contributed by atoms with van der Waals surface area (Å²) >= 11 is 4.96. The Morgan fingerprint density at radius 3 is 2.75 bits per heavy atom. The predicted octanol–water partition coefficient (Wildman–Crippen LogP) is 2.47. The largest absolute Gasteiger partial charge is 0.469 e. The Balaban J connectivity index is 2.59. The molecule has 0 saturated heterocycles. The minimum atomic E-state index is 0.409. The number of rotatable bonds is 6. The summed E-state index contributed by atoms with van der Waals surface area (Å²) in [5.74, 6) is 0.983. The van der Waals surface area contributed by atoms with Gasteiger partial charge in [-0.05, 0) is 26.5 Å². The molecule has 2 N–H and O–H groups in total. The molecular weight excluding hydrogens is 220 g/mol. The molecule has 1 rings (SSSR count). The average molecular weight is 240 g/mol. The highest BCUT2D eigenvalue weighted by atomic mass is 32.1. The van der Waals surface area contributed by atoms with Gasteiger partial charge in [-0.15, -0.1) is 0 Å². The van der Waals surface area contributed by atoms with Gasteiger partial charge in [0, 0.05) is 24.6 Å². The maximum atomic E-state index is 5.60. The van der Waals surface area contributed by atoms with Crippen molar-refractivity contribution in [1.29, 1.82) is 0 Å². The van der Waals surface area contributed by atoms with E-state index in [0.29, 0.717) is 11.0 Å². The van der Waals surface area contributed by atoms with Crippen LogP contribution in [0.2, 0.25) is 0 Å². The highest BCUT2D eigenvalue weighted by Gasteiger charge is 2.15. The summed E-state index contributed by atoms with van der Waals surface area (Å²) < 4.78 is 5.28. The quantitative estimate of drug-likeness (QED) is 0.776. The second-order valence-electron chi connectivity index (χ2n) is 4.15. The zero-order chi connectivity index (χ0) is 12.1. The van der Waals surface area contributed by atoms with E-state index in [2.05, 4.69) is 18.9 Å². The fraction of sp³-hybridized carbons (Fsp3) is 0.583. The van der Waals surface area contributed by atoms with Gasteiger partial charge < -0.3 is 10.2 Å². The van der Waals surface area contributed by atoms with Gasteiger partial charge in [-0.3, -0.25) is 4.90 Å². The molecule has 0 spiro atoms. The highest BCUT2D eigenvalue weighted by molar-refractivity contribution is 7.80. The molecule has 1 atom stereocenters. The molecule has 1 heterocycles. The van der Waals surface area contributed by atoms with Crippen LogP contribution in [0.1, 0.15) is 31.1 Å². The van der Waals surface area contributed by atoms with Crippen molar-refractivity contribution in [3.05, 3.63) is 23.7 Å². The van der Waals surface area contributed by atoms with Gasteiger partial charge in [-0.2, -0.15) is 0 Å². The Hall–Kier alpha value is -0.870. The summed E-state index contributed by atoms with van der Waals surface area (Å²) in [5, 5.41) is 0. The third kappa shape index (κ3) is 3.61. The van der Waals surface area contributed by atoms with E-state index in [-0.39, 0.29) is 0 Å². The van der Waals surface area contributed by atoms with Gasteiger partial charge in [0.2, 0.25) is 0 Å². The van der Waals surface area contributed by atoms with E-state index in [0.717, 1.165) is 25.1 Å². The fourth-order valence-corrected chi connectivity index (χ4v) is 2.01. The Bertz CT molecular complexity index is 349. The summed E-state index contributed by atoms with van der Waals surface area (Å²) in [7, 11) is 2.10. The highest BCUT2D eigenvalue weighted by Crippen LogP contribution is 2.15. The van der Waals surface area contributed by atoms with E-state index in [1.165, 1.54) is 5.56 Å². The van der Waals surface area contributed by atoms with Crippen molar-refractivity contribution in [2.24, 2.45) is 5.73 Å². The SMILES string of the molecule is CCC(CC(N)=S)N(C)Cc1ccoc1C. The van der Waals surface area contributed by atoms with Crippen molar-refractivity contribution in [3.63, 3.8) is 0 Å². The van der Waals surface area contributed by atoms with Crippen LogP contribution in [0.4, 0.5) is 0 Å². The molecule has 0 saturated carbocycles. The summed E-state index contributed by atoms with van der Waals surface area (Å²) in [6, 6.07) is 2.42. The number of nitrogens with zero attached hydrogens (tertiary/aromatic N) is 1. The first-order valence-corrected chi connectivity index (χ1v) is 5.97. The van der Waals surface area contributed by atoms with Gasteiger partial charge in [0.25, 0.3) is 0 Å². The molecule has 1 aromatic heterocycles. The van der Waals surface area contributed by atoms with Gasteiger partial charge in [0.05, 0.1) is 11.3 Å². The zero-order valence-electron chi connectivity index (χ0n) is 10.2. The summed E-state index contributed by atoms with van der Waals surface area (Å²) in [6.07, 6.45) is 3.55. The maximum absolute atomic E-state index is 5.60. The molecule has 0 aromatic carbocycles. The number of thiocarbonyl (C=S) groups is 1. The van der Waals surface area contributed by atoms with Crippen LogP contribution in [0.5, 0.6) is 0 Å². The van der Waals surface area contributed by atoms with Gasteiger partial charge in [0.1, 0.15) is 5.76 Å². The molecule has 1 unspecified atom stereocenters. The molecule has 16 heavy (non-hydrogen) atoms. The van der Waals surface area contributed by atoms with Crippen molar-refractivity contribution in [2.75, 3.05) is 7.05 Å². The molecule has 3 nitrogen and oxygen atoms in total. The molecular formula is C12H20N2OS. The van der Waals surface area contributed by atoms with Gasteiger partial charge in [-0.25, -0.2) is 0 Å². The lowest BCUT2D eigenvalue weighted by atomic mass is 10.1. The summed E-state index contributed by atoms with van der Waals surface area (Å²) in [5.41, 5.74) is 6.82. The second-order valence-corrected chi connectivity index (χ2v) is 4.67. The van der Waals surface area contributed by atoms with Crippen LogP contribution in [0.15, 0.2) is 16.7 Å². The molecule has 90 valence electrons. The predicted molar refractivity (Wildman–Crippen MR) is 70.4 cm³/mol. The van der Waals surface area contributed by atoms with Gasteiger partial charge in [-0.1, -0.05) is 19.1 Å². The first kappa shape index (κ1) is 13.2. The van der Waals surface area contributed by atoms with Gasteiger partial charge in [0.15, 0.2) is 0 Å². The standard InChI is InChI=1S/C12H20N2OS/c1-4-11(7-12(13)16)14(3)8-10-5-6-15-9(10)2/h5-6,11H,4,7-8H2,1-3H3,(H2,13,16). The van der Waals surface area contributed by atoms with Crippen LogP contribution in [-0.2, 0) is 6.54 Å². The van der Waals surface area contributed by atoms with Gasteiger partial charge >= 0.3 is 0 Å². The number of aryl methyl sites for hydroxylation is 1. The van der Waals surface area contributed by atoms with Crippen molar-refractivity contribution in [3.8, 4) is 0 Å². The average Bonchev–Trinajstić information content (AvgIpc) is 2.60. The Labute approximate surface area is 103 Å². The smallest absolute Gasteiger partial charge is 0.105 e. The number of hydrogen-bond acceptors (Lipinski definition) is 3. The van der Waals surface area contributed by atoms with E-state index >= 15 is 0 Å². The van der Waals surface area contributed by atoms with E-state index in [4.69, 9.17) is 22.4 Å². The summed E-state index contributed by atoms with van der Waals surface area (Å²) in [6.45, 7) is 5.02. The first-order valence-electron chi connectivity index (χ1n) is 5.56. The molecule has 0 radical (unpaired) electrons. The Morgan fingerprint density at radius 1 is 1.62 bits per heavy atom. The molecule has 1 aromatic rings. The van der Waals surface area contributed by atoms with E-state index in [1.54, 1.807) is 6.26 Å². The van der Waals surface area contributed by atoms with Crippen molar-refractivity contribution in [2.45, 2.75) is 39.3 Å². The van der Waals surface area contributed by atoms with Crippen LogP contribution in [0.3, 0.4) is 0 Å². The van der Waals surface area contributed by atoms with Crippen LogP contribution in [-0.4, -0.2) is 23.0 Å². The minimum absolute atomic E-state index is 0.409. The Morgan fingerprint density at radius 2 is 2.31 bits per heavy atom. The van der Waals surface area contributed by atoms with Crippen LogP contribution in [0, 0.1) is 6.92 Å². The van der Waals surface area contributed by atoms with Crippen molar-refractivity contribution in [1.82, 2.24) is 4.90 Å². The van der Waals surface area contributed by atoms with E-state index in [9.17, 15) is 0 Å². The molecule has 0 amide bonds. The molecule has 0 fully saturated rings. The molecule has 4 heteroatoms. The van der Waals surface area contributed by atoms with Crippen molar-refractivity contribution >= 4 is 17.2 Å². The normalized spacial score (nSPS) is 13.0. The van der Waals surface area contributed by atoms with Crippen LogP contribution in [0.25, 0.3) is 0 Å². The molecule has 0 aliphatic carbocycles. The van der Waals surface area contributed by atoms with Crippen LogP contribution < -0.4 is 5.73 Å². The first-order chi connectivity index (χ1) is 7.54. The minimum Gasteiger partial charge on any atom is -0.469 e. The molecule has 0 aliphatic rings. The topological polar surface area (TPSA) is 42.4 Å². The monoisotopic (exact) mass is 240 g/mol. The van der Waals surface area contributed by atoms with E-state index < -0.39 is 0 Å². The lowest BCUT2D eigenvalue weighted by molar-refractivity contribution is 0.232. The zero-order valence-corrected chi connectivity index (χ0v) is 11.0. The second kappa shape index (κ2) is 6.01. The van der Waals surface area contributed by atoms with Crippen LogP contribution >= 0.6 is 12.2 Å². The third-order valence-electron chi connectivity index (χ3n) is 2.92. The maximum Gasteiger partial charge on any atom is 0.105 e. The third-order valence-corrected chi connectivity index (χ3v) is 3.08. The van der Waals surface area contributed by atoms with Crippen molar-refractivity contribution < 1.29 is 4.42 Å². The lowest BCUT2D eigenvalue weighted by Gasteiger charge is -2.26.